The number of benzene rings is 1. The van der Waals surface area contributed by atoms with Gasteiger partial charge in [-0.05, 0) is 43.3 Å². The van der Waals surface area contributed by atoms with Crippen LogP contribution in [0.15, 0.2) is 48.8 Å². The van der Waals surface area contributed by atoms with Gasteiger partial charge in [0.25, 0.3) is 5.91 Å². The number of nitrogens with one attached hydrogen (secondary N) is 1. The number of esters is 1. The SMILES string of the molecule is COC(=O)c1ccc(NC(=O)c2ccn3cc(C)nc3c2)cc1. The van der Waals surface area contributed by atoms with E-state index in [1.54, 1.807) is 42.6 Å². The number of aromatic nitrogens is 2. The fourth-order valence-electron chi connectivity index (χ4n) is 2.26. The Morgan fingerprint density at radius 3 is 2.57 bits per heavy atom. The number of rotatable bonds is 3. The summed E-state index contributed by atoms with van der Waals surface area (Å²) in [6.07, 6.45) is 3.69. The molecule has 0 unspecified atom stereocenters. The van der Waals surface area contributed by atoms with Gasteiger partial charge in [0.05, 0.1) is 18.4 Å². The normalized spacial score (nSPS) is 10.5. The zero-order valence-electron chi connectivity index (χ0n) is 12.7. The number of pyridine rings is 1. The summed E-state index contributed by atoms with van der Waals surface area (Å²) in [6.45, 7) is 1.90. The molecule has 2 heterocycles. The molecule has 1 aromatic carbocycles. The van der Waals surface area contributed by atoms with E-state index in [4.69, 9.17) is 0 Å². The molecule has 0 aliphatic carbocycles. The molecule has 0 bridgehead atoms. The Morgan fingerprint density at radius 1 is 1.13 bits per heavy atom. The molecule has 0 saturated heterocycles. The molecular formula is C17H15N3O3. The lowest BCUT2D eigenvalue weighted by Gasteiger charge is -2.06. The van der Waals surface area contributed by atoms with E-state index in [-0.39, 0.29) is 5.91 Å². The lowest BCUT2D eigenvalue weighted by molar-refractivity contribution is 0.0600. The van der Waals surface area contributed by atoms with Crippen LogP contribution in [0.25, 0.3) is 5.65 Å². The number of carbonyl (C=O) groups is 2. The third-order valence-corrected chi connectivity index (χ3v) is 3.41. The lowest BCUT2D eigenvalue weighted by Crippen LogP contribution is -2.12. The number of amides is 1. The number of hydrogen-bond acceptors (Lipinski definition) is 4. The van der Waals surface area contributed by atoms with Gasteiger partial charge >= 0.3 is 5.97 Å². The molecule has 0 fully saturated rings. The van der Waals surface area contributed by atoms with Gasteiger partial charge in [-0.25, -0.2) is 9.78 Å². The summed E-state index contributed by atoms with van der Waals surface area (Å²) < 4.78 is 6.49. The second-order valence-electron chi connectivity index (χ2n) is 5.09. The molecule has 1 amide bonds. The average molecular weight is 309 g/mol. The third kappa shape index (κ3) is 3.06. The number of anilines is 1. The van der Waals surface area contributed by atoms with Crippen molar-refractivity contribution in [2.45, 2.75) is 6.92 Å². The largest absolute Gasteiger partial charge is 0.465 e. The topological polar surface area (TPSA) is 72.7 Å². The number of hydrogen-bond donors (Lipinski definition) is 1. The van der Waals surface area contributed by atoms with Gasteiger partial charge in [0, 0.05) is 23.6 Å². The summed E-state index contributed by atoms with van der Waals surface area (Å²) >= 11 is 0. The molecule has 3 rings (SSSR count). The Morgan fingerprint density at radius 2 is 1.87 bits per heavy atom. The van der Waals surface area contributed by atoms with Crippen LogP contribution in [0, 0.1) is 6.92 Å². The molecule has 1 N–H and O–H groups in total. The Balaban J connectivity index is 1.78. The maximum Gasteiger partial charge on any atom is 0.337 e. The molecule has 6 nitrogen and oxygen atoms in total. The molecule has 0 saturated carbocycles. The summed E-state index contributed by atoms with van der Waals surface area (Å²) in [5.41, 5.74) is 3.15. The quantitative estimate of drug-likeness (QED) is 0.755. The van der Waals surface area contributed by atoms with Crippen molar-refractivity contribution in [3.05, 3.63) is 65.6 Å². The number of methoxy groups -OCH3 is 1. The zero-order chi connectivity index (χ0) is 16.4. The highest BCUT2D eigenvalue weighted by molar-refractivity contribution is 6.05. The fourth-order valence-corrected chi connectivity index (χ4v) is 2.26. The van der Waals surface area contributed by atoms with Crippen molar-refractivity contribution in [1.82, 2.24) is 9.38 Å². The number of carbonyl (C=O) groups excluding carboxylic acids is 2. The van der Waals surface area contributed by atoms with Gasteiger partial charge in [-0.2, -0.15) is 0 Å². The van der Waals surface area contributed by atoms with Gasteiger partial charge in [0.1, 0.15) is 5.65 Å². The molecule has 6 heteroatoms. The first-order valence-electron chi connectivity index (χ1n) is 7.02. The molecule has 0 aliphatic rings. The maximum atomic E-state index is 12.3. The average Bonchev–Trinajstić information content (AvgIpc) is 2.93. The predicted molar refractivity (Wildman–Crippen MR) is 85.7 cm³/mol. The Bertz CT molecular complexity index is 882. The van der Waals surface area contributed by atoms with Gasteiger partial charge < -0.3 is 14.5 Å². The predicted octanol–water partition coefficient (Wildman–Crippen LogP) is 2.68. The smallest absolute Gasteiger partial charge is 0.337 e. The Hall–Kier alpha value is -3.15. The van der Waals surface area contributed by atoms with Gasteiger partial charge in [0.2, 0.25) is 0 Å². The number of imidazole rings is 1. The van der Waals surface area contributed by atoms with Crippen LogP contribution >= 0.6 is 0 Å². The Labute approximate surface area is 132 Å². The van der Waals surface area contributed by atoms with E-state index in [1.165, 1.54) is 7.11 Å². The van der Waals surface area contributed by atoms with E-state index in [2.05, 4.69) is 15.0 Å². The van der Waals surface area contributed by atoms with Crippen LogP contribution in [-0.4, -0.2) is 28.4 Å². The fraction of sp³-hybridized carbons (Fsp3) is 0.118. The number of nitrogens with zero attached hydrogens (tertiary/aromatic N) is 2. The van der Waals surface area contributed by atoms with Crippen molar-refractivity contribution >= 4 is 23.2 Å². The second-order valence-corrected chi connectivity index (χ2v) is 5.09. The zero-order valence-corrected chi connectivity index (χ0v) is 12.7. The molecule has 0 spiro atoms. The van der Waals surface area contributed by atoms with Gasteiger partial charge in [-0.15, -0.1) is 0 Å². The van der Waals surface area contributed by atoms with Crippen LogP contribution in [0.3, 0.4) is 0 Å². The first kappa shape index (κ1) is 14.8. The molecular weight excluding hydrogens is 294 g/mol. The molecule has 2 aromatic heterocycles. The summed E-state index contributed by atoms with van der Waals surface area (Å²) in [7, 11) is 1.32. The van der Waals surface area contributed by atoms with Crippen molar-refractivity contribution in [3.8, 4) is 0 Å². The van der Waals surface area contributed by atoms with Crippen molar-refractivity contribution < 1.29 is 14.3 Å². The highest BCUT2D eigenvalue weighted by Crippen LogP contribution is 2.13. The minimum Gasteiger partial charge on any atom is -0.465 e. The molecule has 0 atom stereocenters. The summed E-state index contributed by atoms with van der Waals surface area (Å²) in [4.78, 5) is 28.0. The Kier molecular flexibility index (Phi) is 3.80. The van der Waals surface area contributed by atoms with E-state index < -0.39 is 5.97 Å². The highest BCUT2D eigenvalue weighted by Gasteiger charge is 2.09. The molecule has 116 valence electrons. The summed E-state index contributed by atoms with van der Waals surface area (Å²) in [5.74, 6) is -0.651. The van der Waals surface area contributed by atoms with Crippen LogP contribution in [-0.2, 0) is 4.74 Å². The van der Waals surface area contributed by atoms with Crippen LogP contribution in [0.1, 0.15) is 26.4 Å². The van der Waals surface area contributed by atoms with E-state index in [0.29, 0.717) is 16.8 Å². The highest BCUT2D eigenvalue weighted by atomic mass is 16.5. The molecule has 0 radical (unpaired) electrons. The standard InChI is InChI=1S/C17H15N3O3/c1-11-10-20-8-7-13(9-15(20)18-11)16(21)19-14-5-3-12(4-6-14)17(22)23-2/h3-10H,1-2H3,(H,19,21). The minimum atomic E-state index is -0.414. The maximum absolute atomic E-state index is 12.3. The van der Waals surface area contributed by atoms with E-state index in [1.807, 2.05) is 17.5 Å². The molecule has 3 aromatic rings. The van der Waals surface area contributed by atoms with Gasteiger partial charge in [0.15, 0.2) is 0 Å². The number of fused-ring (bicyclic) bond motifs is 1. The first-order valence-corrected chi connectivity index (χ1v) is 7.02. The number of aryl methyl sites for hydroxylation is 1. The number of ether oxygens (including phenoxy) is 1. The van der Waals surface area contributed by atoms with Crippen LogP contribution in [0.5, 0.6) is 0 Å². The monoisotopic (exact) mass is 309 g/mol. The summed E-state index contributed by atoms with van der Waals surface area (Å²) in [6, 6.07) is 9.97. The van der Waals surface area contributed by atoms with Crippen LogP contribution in [0.4, 0.5) is 5.69 Å². The summed E-state index contributed by atoms with van der Waals surface area (Å²) in [5, 5.41) is 2.79. The first-order chi connectivity index (χ1) is 11.1. The van der Waals surface area contributed by atoms with E-state index >= 15 is 0 Å². The van der Waals surface area contributed by atoms with E-state index in [9.17, 15) is 9.59 Å². The van der Waals surface area contributed by atoms with Crippen LogP contribution < -0.4 is 5.32 Å². The van der Waals surface area contributed by atoms with Gasteiger partial charge in [-0.3, -0.25) is 4.79 Å². The van der Waals surface area contributed by atoms with Crippen molar-refractivity contribution in [2.24, 2.45) is 0 Å². The second kappa shape index (κ2) is 5.92. The molecule has 23 heavy (non-hydrogen) atoms. The van der Waals surface area contributed by atoms with Crippen molar-refractivity contribution in [2.75, 3.05) is 12.4 Å². The van der Waals surface area contributed by atoms with Crippen molar-refractivity contribution in [1.29, 1.82) is 0 Å². The van der Waals surface area contributed by atoms with Gasteiger partial charge in [-0.1, -0.05) is 0 Å². The van der Waals surface area contributed by atoms with Crippen LogP contribution in [0.2, 0.25) is 0 Å². The molecule has 0 aliphatic heterocycles. The lowest BCUT2D eigenvalue weighted by atomic mass is 10.2. The van der Waals surface area contributed by atoms with Crippen molar-refractivity contribution in [3.63, 3.8) is 0 Å². The third-order valence-electron chi connectivity index (χ3n) is 3.41. The van der Waals surface area contributed by atoms with E-state index in [0.717, 1.165) is 11.3 Å². The minimum absolute atomic E-state index is 0.237.